The van der Waals surface area contributed by atoms with Gasteiger partial charge in [0, 0.05) is 31.1 Å². The normalized spacial score (nSPS) is 17.8. The molecule has 0 spiro atoms. The van der Waals surface area contributed by atoms with Crippen molar-refractivity contribution in [3.05, 3.63) is 66.0 Å². The maximum atomic E-state index is 4.61. The molecule has 128 valence electrons. The van der Waals surface area contributed by atoms with Crippen molar-refractivity contribution in [3.63, 3.8) is 0 Å². The van der Waals surface area contributed by atoms with Gasteiger partial charge in [-0.25, -0.2) is 9.97 Å². The molecule has 1 fully saturated rings. The van der Waals surface area contributed by atoms with Gasteiger partial charge in [-0.05, 0) is 37.5 Å². The van der Waals surface area contributed by atoms with Crippen LogP contribution in [0.15, 0.2) is 54.9 Å². The van der Waals surface area contributed by atoms with Gasteiger partial charge in [0.2, 0.25) is 0 Å². The van der Waals surface area contributed by atoms with Gasteiger partial charge in [-0.15, -0.1) is 0 Å². The minimum absolute atomic E-state index is 0.490. The van der Waals surface area contributed by atoms with Gasteiger partial charge >= 0.3 is 0 Å². The molecule has 0 bridgehead atoms. The number of benzene rings is 2. The maximum absolute atomic E-state index is 4.61. The third kappa shape index (κ3) is 3.64. The molecule has 0 amide bonds. The highest BCUT2D eigenvalue weighted by molar-refractivity contribution is 5.89. The molecule has 4 rings (SSSR count). The molecule has 4 nitrogen and oxygen atoms in total. The Bertz CT molecular complexity index is 847. The van der Waals surface area contributed by atoms with Crippen LogP contribution in [-0.4, -0.2) is 29.1 Å². The van der Waals surface area contributed by atoms with Gasteiger partial charge in [0.15, 0.2) is 0 Å². The van der Waals surface area contributed by atoms with E-state index in [9.17, 15) is 0 Å². The summed E-state index contributed by atoms with van der Waals surface area (Å²) in [6, 6.07) is 17.5. The summed E-state index contributed by atoms with van der Waals surface area (Å²) in [4.78, 5) is 11.4. The first-order valence-electron chi connectivity index (χ1n) is 9.03. The number of rotatable bonds is 4. The number of nitrogens with zero attached hydrogens (tertiary/aromatic N) is 3. The molecule has 1 unspecified atom stereocenters. The fraction of sp³-hybridized carbons (Fsp3) is 0.333. The zero-order valence-electron chi connectivity index (χ0n) is 14.7. The fourth-order valence-corrected chi connectivity index (χ4v) is 3.60. The lowest BCUT2D eigenvalue weighted by Crippen LogP contribution is -2.45. The van der Waals surface area contributed by atoms with Crippen molar-refractivity contribution >= 4 is 16.7 Å². The largest absolute Gasteiger partial charge is 0.354 e. The molecule has 1 saturated heterocycles. The minimum atomic E-state index is 0.490. The SMILES string of the molecule is Cc1ccc2ncnc(N3CCCC(NCc4ccccc4)C3)c2c1. The number of piperidine rings is 1. The first kappa shape index (κ1) is 16.0. The summed E-state index contributed by atoms with van der Waals surface area (Å²) in [7, 11) is 0. The summed E-state index contributed by atoms with van der Waals surface area (Å²) >= 11 is 0. The molecule has 1 atom stereocenters. The Labute approximate surface area is 148 Å². The highest BCUT2D eigenvalue weighted by atomic mass is 15.2. The molecular formula is C21H24N4. The number of hydrogen-bond donors (Lipinski definition) is 1. The number of aryl methyl sites for hydroxylation is 1. The summed E-state index contributed by atoms with van der Waals surface area (Å²) in [6.45, 7) is 5.09. The van der Waals surface area contributed by atoms with Gasteiger partial charge in [-0.3, -0.25) is 0 Å². The first-order valence-corrected chi connectivity index (χ1v) is 9.03. The molecule has 0 saturated carbocycles. The number of nitrogens with one attached hydrogen (secondary N) is 1. The van der Waals surface area contributed by atoms with Gasteiger partial charge in [0.1, 0.15) is 12.1 Å². The Morgan fingerprint density at radius 3 is 2.88 bits per heavy atom. The molecule has 3 aromatic rings. The van der Waals surface area contributed by atoms with Crippen molar-refractivity contribution in [2.75, 3.05) is 18.0 Å². The van der Waals surface area contributed by atoms with Crippen molar-refractivity contribution in [3.8, 4) is 0 Å². The van der Waals surface area contributed by atoms with Crippen LogP contribution in [0.3, 0.4) is 0 Å². The number of aromatic nitrogens is 2. The van der Waals surface area contributed by atoms with E-state index in [4.69, 9.17) is 0 Å². The standard InChI is InChI=1S/C21H24N4/c1-16-9-10-20-19(12-16)21(24-15-23-20)25-11-5-8-18(14-25)22-13-17-6-3-2-4-7-17/h2-4,6-7,9-10,12,15,18,22H,5,8,11,13-14H2,1H3. The Balaban J connectivity index is 1.50. The lowest BCUT2D eigenvalue weighted by molar-refractivity contribution is 0.420. The number of anilines is 1. The van der Waals surface area contributed by atoms with Gasteiger partial charge in [-0.1, -0.05) is 42.0 Å². The van der Waals surface area contributed by atoms with Crippen molar-refractivity contribution in [1.29, 1.82) is 0 Å². The van der Waals surface area contributed by atoms with Gasteiger partial charge < -0.3 is 10.2 Å². The summed E-state index contributed by atoms with van der Waals surface area (Å²) in [5.74, 6) is 1.07. The van der Waals surface area contributed by atoms with E-state index in [1.165, 1.54) is 24.0 Å². The molecule has 2 heterocycles. The average molecular weight is 332 g/mol. The lowest BCUT2D eigenvalue weighted by Gasteiger charge is -2.34. The molecule has 0 aliphatic carbocycles. The second-order valence-corrected chi connectivity index (χ2v) is 6.87. The van der Waals surface area contributed by atoms with E-state index in [0.29, 0.717) is 6.04 Å². The number of hydrogen-bond acceptors (Lipinski definition) is 4. The van der Waals surface area contributed by atoms with E-state index in [1.54, 1.807) is 6.33 Å². The van der Waals surface area contributed by atoms with E-state index < -0.39 is 0 Å². The molecule has 1 N–H and O–H groups in total. The summed E-state index contributed by atoms with van der Waals surface area (Å²) in [5.41, 5.74) is 3.61. The van der Waals surface area contributed by atoms with Crippen LogP contribution in [0.25, 0.3) is 10.9 Å². The predicted molar refractivity (Wildman–Crippen MR) is 103 cm³/mol. The van der Waals surface area contributed by atoms with Crippen LogP contribution in [0.1, 0.15) is 24.0 Å². The molecule has 0 radical (unpaired) electrons. The third-order valence-electron chi connectivity index (χ3n) is 4.93. The van der Waals surface area contributed by atoms with E-state index >= 15 is 0 Å². The quantitative estimate of drug-likeness (QED) is 0.791. The summed E-state index contributed by atoms with van der Waals surface area (Å²) in [6.07, 6.45) is 4.09. The zero-order chi connectivity index (χ0) is 17.1. The molecular weight excluding hydrogens is 308 g/mol. The van der Waals surface area contributed by atoms with Crippen LogP contribution in [-0.2, 0) is 6.54 Å². The van der Waals surface area contributed by atoms with E-state index in [1.807, 2.05) is 0 Å². The topological polar surface area (TPSA) is 41.1 Å². The van der Waals surface area contributed by atoms with Crippen LogP contribution in [0.4, 0.5) is 5.82 Å². The van der Waals surface area contributed by atoms with E-state index in [2.05, 4.69) is 75.6 Å². The Hall–Kier alpha value is -2.46. The predicted octanol–water partition coefficient (Wildman–Crippen LogP) is 3.70. The molecule has 1 aliphatic rings. The van der Waals surface area contributed by atoms with Gasteiger partial charge in [-0.2, -0.15) is 0 Å². The third-order valence-corrected chi connectivity index (χ3v) is 4.93. The first-order chi connectivity index (χ1) is 12.3. The molecule has 25 heavy (non-hydrogen) atoms. The second-order valence-electron chi connectivity index (χ2n) is 6.87. The minimum Gasteiger partial charge on any atom is -0.354 e. The van der Waals surface area contributed by atoms with E-state index in [-0.39, 0.29) is 0 Å². The highest BCUT2D eigenvalue weighted by Gasteiger charge is 2.22. The highest BCUT2D eigenvalue weighted by Crippen LogP contribution is 2.26. The molecule has 1 aromatic heterocycles. The molecule has 1 aliphatic heterocycles. The van der Waals surface area contributed by atoms with Crippen LogP contribution in [0.5, 0.6) is 0 Å². The van der Waals surface area contributed by atoms with E-state index in [0.717, 1.165) is 36.4 Å². The Morgan fingerprint density at radius 2 is 2.00 bits per heavy atom. The van der Waals surface area contributed by atoms with Crippen LogP contribution >= 0.6 is 0 Å². The summed E-state index contributed by atoms with van der Waals surface area (Å²) < 4.78 is 0. The summed E-state index contributed by atoms with van der Waals surface area (Å²) in [5, 5.41) is 4.87. The van der Waals surface area contributed by atoms with Crippen molar-refractivity contribution in [2.24, 2.45) is 0 Å². The lowest BCUT2D eigenvalue weighted by atomic mass is 10.0. The molecule has 2 aromatic carbocycles. The molecule has 4 heteroatoms. The Morgan fingerprint density at radius 1 is 1.12 bits per heavy atom. The smallest absolute Gasteiger partial charge is 0.139 e. The van der Waals surface area contributed by atoms with Crippen molar-refractivity contribution in [1.82, 2.24) is 15.3 Å². The van der Waals surface area contributed by atoms with Gasteiger partial charge in [0.05, 0.1) is 5.52 Å². The van der Waals surface area contributed by atoms with Crippen molar-refractivity contribution < 1.29 is 0 Å². The monoisotopic (exact) mass is 332 g/mol. The zero-order valence-corrected chi connectivity index (χ0v) is 14.7. The maximum Gasteiger partial charge on any atom is 0.139 e. The average Bonchev–Trinajstić information content (AvgIpc) is 2.67. The van der Waals surface area contributed by atoms with Crippen LogP contribution in [0.2, 0.25) is 0 Å². The van der Waals surface area contributed by atoms with Gasteiger partial charge in [0.25, 0.3) is 0 Å². The van der Waals surface area contributed by atoms with Crippen LogP contribution < -0.4 is 10.2 Å². The Kier molecular flexibility index (Phi) is 4.61. The van der Waals surface area contributed by atoms with Crippen LogP contribution in [0, 0.1) is 6.92 Å². The number of fused-ring (bicyclic) bond motifs is 1. The fourth-order valence-electron chi connectivity index (χ4n) is 3.60. The van der Waals surface area contributed by atoms with Crippen molar-refractivity contribution in [2.45, 2.75) is 32.4 Å². The second kappa shape index (κ2) is 7.19.